The number of hydrogen-bond acceptors (Lipinski definition) is 6. The molecule has 7 heteroatoms. The Morgan fingerprint density at radius 2 is 2.03 bits per heavy atom. The zero-order valence-corrected chi connectivity index (χ0v) is 16.8. The maximum Gasteiger partial charge on any atom is 0.338 e. The largest absolute Gasteiger partial charge is 0.466 e. The van der Waals surface area contributed by atoms with Gasteiger partial charge >= 0.3 is 5.97 Å². The highest BCUT2D eigenvalue weighted by molar-refractivity contribution is 7.07. The molecule has 1 aliphatic rings. The van der Waals surface area contributed by atoms with E-state index in [1.165, 1.54) is 18.4 Å². The van der Waals surface area contributed by atoms with Crippen molar-refractivity contribution in [1.82, 2.24) is 9.55 Å². The fraction of sp³-hybridized carbons (Fsp3) is 0.182. The van der Waals surface area contributed by atoms with Gasteiger partial charge in [-0.15, -0.1) is 0 Å². The lowest BCUT2D eigenvalue weighted by atomic mass is 9.95. The van der Waals surface area contributed by atoms with Gasteiger partial charge in [-0.25, -0.2) is 9.79 Å². The summed E-state index contributed by atoms with van der Waals surface area (Å²) in [6.07, 6.45) is 5.74. The quantitative estimate of drug-likeness (QED) is 0.624. The van der Waals surface area contributed by atoms with E-state index in [9.17, 15) is 9.59 Å². The third-order valence-corrected chi connectivity index (χ3v) is 5.73. The van der Waals surface area contributed by atoms with Crippen LogP contribution in [-0.2, 0) is 9.53 Å². The summed E-state index contributed by atoms with van der Waals surface area (Å²) in [4.78, 5) is 35.3. The number of rotatable bonds is 4. The highest BCUT2D eigenvalue weighted by Crippen LogP contribution is 2.31. The number of esters is 1. The molecule has 4 rings (SSSR count). The van der Waals surface area contributed by atoms with Crippen molar-refractivity contribution in [3.63, 3.8) is 0 Å². The highest BCUT2D eigenvalue weighted by atomic mass is 32.1. The summed E-state index contributed by atoms with van der Waals surface area (Å²) in [6.45, 7) is 1.94. The number of allylic oxidation sites excluding steroid dienone is 1. The number of pyridine rings is 1. The molecule has 1 aromatic carbocycles. The van der Waals surface area contributed by atoms with Crippen LogP contribution >= 0.6 is 11.3 Å². The number of fused-ring (bicyclic) bond motifs is 1. The predicted octanol–water partition coefficient (Wildman–Crippen LogP) is 2.19. The smallest absolute Gasteiger partial charge is 0.338 e. The lowest BCUT2D eigenvalue weighted by Gasteiger charge is -2.25. The second-order valence-corrected chi connectivity index (χ2v) is 7.49. The molecule has 1 aliphatic heterocycles. The predicted molar refractivity (Wildman–Crippen MR) is 111 cm³/mol. The fourth-order valence-corrected chi connectivity index (χ4v) is 4.45. The van der Waals surface area contributed by atoms with Crippen LogP contribution in [0.1, 0.15) is 30.5 Å². The Kier molecular flexibility index (Phi) is 5.22. The topological polar surface area (TPSA) is 73.6 Å². The molecule has 0 amide bonds. The maximum absolute atomic E-state index is 13.3. The van der Waals surface area contributed by atoms with Gasteiger partial charge in [0.25, 0.3) is 5.56 Å². The van der Waals surface area contributed by atoms with E-state index in [1.807, 2.05) is 49.4 Å². The summed E-state index contributed by atoms with van der Waals surface area (Å²) >= 11 is 1.31. The highest BCUT2D eigenvalue weighted by Gasteiger charge is 2.33. The third kappa shape index (κ3) is 3.45. The number of nitrogens with zero attached hydrogens (tertiary/aromatic N) is 3. The summed E-state index contributed by atoms with van der Waals surface area (Å²) in [7, 11) is 1.35. The van der Waals surface area contributed by atoms with Gasteiger partial charge in [0.1, 0.15) is 0 Å². The van der Waals surface area contributed by atoms with Gasteiger partial charge in [-0.05, 0) is 29.7 Å². The van der Waals surface area contributed by atoms with Crippen molar-refractivity contribution in [2.45, 2.75) is 19.4 Å². The number of benzene rings is 1. The molecule has 6 nitrogen and oxygen atoms in total. The average Bonchev–Trinajstić information content (AvgIpc) is 3.08. The molecular weight excluding hydrogens is 386 g/mol. The van der Waals surface area contributed by atoms with E-state index >= 15 is 0 Å². The molecule has 0 saturated heterocycles. The lowest BCUT2D eigenvalue weighted by molar-refractivity contribution is -0.136. The van der Waals surface area contributed by atoms with Crippen molar-refractivity contribution in [3.05, 3.63) is 96.9 Å². The van der Waals surface area contributed by atoms with E-state index in [0.29, 0.717) is 27.0 Å². The summed E-state index contributed by atoms with van der Waals surface area (Å²) in [5, 5.41) is 0. The molecule has 0 radical (unpaired) electrons. The minimum absolute atomic E-state index is 0.192. The Labute approximate surface area is 171 Å². The van der Waals surface area contributed by atoms with Gasteiger partial charge in [0, 0.05) is 12.4 Å². The first-order valence-corrected chi connectivity index (χ1v) is 10.0. The van der Waals surface area contributed by atoms with Gasteiger partial charge in [-0.1, -0.05) is 54.7 Å². The first-order chi connectivity index (χ1) is 14.1. The molecule has 0 bridgehead atoms. The Bertz CT molecular complexity index is 1260. The number of carbonyl (C=O) groups excluding carboxylic acids is 1. The first kappa shape index (κ1) is 19.0. The van der Waals surface area contributed by atoms with Crippen LogP contribution in [0, 0.1) is 0 Å². The van der Waals surface area contributed by atoms with Gasteiger partial charge in [0.05, 0.1) is 29.0 Å². The van der Waals surface area contributed by atoms with Crippen LogP contribution in [0.2, 0.25) is 0 Å². The van der Waals surface area contributed by atoms with Crippen LogP contribution in [0.3, 0.4) is 0 Å². The molecule has 2 aromatic heterocycles. The summed E-state index contributed by atoms with van der Waals surface area (Å²) in [6, 6.07) is 12.6. The van der Waals surface area contributed by atoms with Crippen molar-refractivity contribution in [3.8, 4) is 0 Å². The Balaban J connectivity index is 2.01. The van der Waals surface area contributed by atoms with Crippen molar-refractivity contribution >= 4 is 23.4 Å². The summed E-state index contributed by atoms with van der Waals surface area (Å²) in [5.74, 6) is -0.471. The molecule has 3 heterocycles. The molecule has 3 aromatic rings. The van der Waals surface area contributed by atoms with Crippen LogP contribution < -0.4 is 14.9 Å². The van der Waals surface area contributed by atoms with E-state index in [0.717, 1.165) is 11.1 Å². The number of carbonyl (C=O) groups is 1. The van der Waals surface area contributed by atoms with Crippen molar-refractivity contribution < 1.29 is 9.53 Å². The number of thiazole rings is 1. The molecule has 0 spiro atoms. The number of ether oxygens (including phenoxy) is 1. The van der Waals surface area contributed by atoms with E-state index < -0.39 is 12.0 Å². The molecule has 0 fully saturated rings. The SMILES string of the molecule is CCC1=C(C(=O)OC)[C@@H](c2ccccc2)n2c(s/c(=C\c3cccnc3)c2=O)=N1. The molecular formula is C22H19N3O3S. The minimum atomic E-state index is -0.578. The van der Waals surface area contributed by atoms with Crippen LogP contribution in [0.5, 0.6) is 0 Å². The number of hydrogen-bond donors (Lipinski definition) is 0. The zero-order chi connectivity index (χ0) is 20.4. The normalized spacial score (nSPS) is 16.3. The molecule has 0 saturated carbocycles. The number of methoxy groups -OCH3 is 1. The number of aromatic nitrogens is 2. The molecule has 1 atom stereocenters. The summed E-state index contributed by atoms with van der Waals surface area (Å²) in [5.41, 5.74) is 2.52. The average molecular weight is 405 g/mol. The van der Waals surface area contributed by atoms with Gasteiger partial charge in [-0.2, -0.15) is 0 Å². The van der Waals surface area contributed by atoms with Gasteiger partial charge in [-0.3, -0.25) is 14.3 Å². The standard InChI is InChI=1S/C22H19N3O3S/c1-3-16-18(21(27)28-2)19(15-9-5-4-6-10-15)25-20(26)17(29-22(25)24-16)12-14-8-7-11-23-13-14/h4-13,19H,3H2,1-2H3/b17-12-/t19-/m1/s1. The second-order valence-electron chi connectivity index (χ2n) is 6.49. The molecule has 0 N–H and O–H groups in total. The molecule has 29 heavy (non-hydrogen) atoms. The minimum Gasteiger partial charge on any atom is -0.466 e. The van der Waals surface area contributed by atoms with Crippen LogP contribution in [-0.4, -0.2) is 22.6 Å². The first-order valence-electron chi connectivity index (χ1n) is 9.22. The van der Waals surface area contributed by atoms with Crippen molar-refractivity contribution in [2.75, 3.05) is 7.11 Å². The van der Waals surface area contributed by atoms with E-state index in [1.54, 1.807) is 23.0 Å². The molecule has 0 aliphatic carbocycles. The van der Waals surface area contributed by atoms with E-state index in [4.69, 9.17) is 4.74 Å². The summed E-state index contributed by atoms with van der Waals surface area (Å²) < 4.78 is 7.18. The van der Waals surface area contributed by atoms with Gasteiger partial charge in [0.2, 0.25) is 0 Å². The zero-order valence-electron chi connectivity index (χ0n) is 16.0. The fourth-order valence-electron chi connectivity index (χ4n) is 3.43. The molecule has 146 valence electrons. The van der Waals surface area contributed by atoms with E-state index in [2.05, 4.69) is 9.98 Å². The Hall–Kier alpha value is -3.32. The van der Waals surface area contributed by atoms with Gasteiger partial charge in [0.15, 0.2) is 4.80 Å². The third-order valence-electron chi connectivity index (χ3n) is 4.75. The second kappa shape index (κ2) is 7.97. The monoisotopic (exact) mass is 405 g/mol. The van der Waals surface area contributed by atoms with Crippen LogP contribution in [0.15, 0.2) is 75.9 Å². The lowest BCUT2D eigenvalue weighted by Crippen LogP contribution is -2.40. The van der Waals surface area contributed by atoms with Crippen LogP contribution in [0.25, 0.3) is 6.08 Å². The Morgan fingerprint density at radius 3 is 2.69 bits per heavy atom. The van der Waals surface area contributed by atoms with Crippen molar-refractivity contribution in [2.24, 2.45) is 4.99 Å². The van der Waals surface area contributed by atoms with Gasteiger partial charge < -0.3 is 4.74 Å². The Morgan fingerprint density at radius 1 is 1.24 bits per heavy atom. The maximum atomic E-state index is 13.3. The van der Waals surface area contributed by atoms with Crippen LogP contribution in [0.4, 0.5) is 0 Å². The van der Waals surface area contributed by atoms with Crippen molar-refractivity contribution in [1.29, 1.82) is 0 Å². The molecule has 0 unspecified atom stereocenters. The van der Waals surface area contributed by atoms with E-state index in [-0.39, 0.29) is 5.56 Å².